The Morgan fingerprint density at radius 1 is 1.18 bits per heavy atom. The molecular weight excluding hydrogens is 352 g/mol. The maximum absolute atomic E-state index is 13.3. The van der Waals surface area contributed by atoms with E-state index in [1.165, 1.54) is 25.7 Å². The molecule has 2 saturated heterocycles. The first-order valence-corrected chi connectivity index (χ1v) is 11.0. The van der Waals surface area contributed by atoms with Gasteiger partial charge in [-0.25, -0.2) is 0 Å². The van der Waals surface area contributed by atoms with Gasteiger partial charge in [0.25, 0.3) is 5.91 Å². The van der Waals surface area contributed by atoms with Gasteiger partial charge in [0.15, 0.2) is 0 Å². The van der Waals surface area contributed by atoms with E-state index in [0.29, 0.717) is 31.3 Å². The Morgan fingerprint density at radius 2 is 1.96 bits per heavy atom. The van der Waals surface area contributed by atoms with Crippen LogP contribution in [0.2, 0.25) is 0 Å². The number of benzene rings is 1. The fourth-order valence-corrected chi connectivity index (χ4v) is 5.46. The van der Waals surface area contributed by atoms with Crippen molar-refractivity contribution in [2.24, 2.45) is 0 Å². The number of nitrogens with zero attached hydrogens (tertiary/aromatic N) is 2. The van der Waals surface area contributed by atoms with Crippen LogP contribution in [0, 0.1) is 0 Å². The van der Waals surface area contributed by atoms with Crippen molar-refractivity contribution in [3.05, 3.63) is 29.3 Å². The molecule has 0 unspecified atom stereocenters. The zero-order valence-electron chi connectivity index (χ0n) is 17.3. The van der Waals surface area contributed by atoms with Crippen molar-refractivity contribution in [1.29, 1.82) is 0 Å². The highest BCUT2D eigenvalue weighted by atomic mass is 16.5. The molecule has 1 aromatic carbocycles. The Bertz CT molecular complexity index is 710. The predicted molar refractivity (Wildman–Crippen MR) is 110 cm³/mol. The molecule has 1 spiro atoms. The number of hydrogen-bond acceptors (Lipinski definition) is 4. The molecule has 2 atom stereocenters. The van der Waals surface area contributed by atoms with Gasteiger partial charge in [-0.15, -0.1) is 0 Å². The SMILES string of the molecule is CC(C)c1cccc(C(=O)N2CCO[C@@]3(CCCC[C@@H]3N3CCCC3)C2)c1O. The van der Waals surface area contributed by atoms with Crippen molar-refractivity contribution < 1.29 is 14.6 Å². The summed E-state index contributed by atoms with van der Waals surface area (Å²) in [7, 11) is 0. The molecule has 154 valence electrons. The van der Waals surface area contributed by atoms with Crippen LogP contribution in [-0.4, -0.2) is 65.2 Å². The second-order valence-electron chi connectivity index (χ2n) is 9.04. The molecule has 28 heavy (non-hydrogen) atoms. The molecule has 0 bridgehead atoms. The van der Waals surface area contributed by atoms with Crippen LogP contribution in [0.3, 0.4) is 0 Å². The van der Waals surface area contributed by atoms with Gasteiger partial charge in [-0.1, -0.05) is 38.8 Å². The monoisotopic (exact) mass is 386 g/mol. The van der Waals surface area contributed by atoms with E-state index in [9.17, 15) is 9.90 Å². The molecule has 1 amide bonds. The zero-order chi connectivity index (χ0) is 19.7. The number of amides is 1. The first-order valence-electron chi connectivity index (χ1n) is 11.0. The van der Waals surface area contributed by atoms with Gasteiger partial charge in [-0.3, -0.25) is 9.69 Å². The summed E-state index contributed by atoms with van der Waals surface area (Å²) in [6.45, 7) is 8.20. The lowest BCUT2D eigenvalue weighted by Crippen LogP contribution is -2.64. The van der Waals surface area contributed by atoms with Gasteiger partial charge >= 0.3 is 0 Å². The molecule has 1 aliphatic carbocycles. The van der Waals surface area contributed by atoms with Crippen LogP contribution < -0.4 is 0 Å². The van der Waals surface area contributed by atoms with E-state index in [0.717, 1.165) is 31.5 Å². The van der Waals surface area contributed by atoms with Gasteiger partial charge < -0.3 is 14.7 Å². The minimum atomic E-state index is -0.248. The molecule has 3 aliphatic rings. The average Bonchev–Trinajstić information content (AvgIpc) is 3.22. The normalized spacial score (nSPS) is 29.0. The van der Waals surface area contributed by atoms with Gasteiger partial charge in [0, 0.05) is 12.6 Å². The first kappa shape index (κ1) is 19.7. The van der Waals surface area contributed by atoms with Crippen LogP contribution in [0.15, 0.2) is 18.2 Å². The summed E-state index contributed by atoms with van der Waals surface area (Å²) in [5.74, 6) is 0.262. The maximum atomic E-state index is 13.3. The molecule has 0 aromatic heterocycles. The molecular formula is C23H34N2O3. The predicted octanol–water partition coefficient (Wildman–Crippen LogP) is 3.77. The van der Waals surface area contributed by atoms with Crippen LogP contribution in [0.25, 0.3) is 0 Å². The van der Waals surface area contributed by atoms with Gasteiger partial charge in [0.05, 0.1) is 18.7 Å². The minimum absolute atomic E-state index is 0.0616. The molecule has 3 fully saturated rings. The molecule has 1 N–H and O–H groups in total. The van der Waals surface area contributed by atoms with Crippen LogP contribution in [-0.2, 0) is 4.74 Å². The Balaban J connectivity index is 1.58. The fraction of sp³-hybridized carbons (Fsp3) is 0.696. The van der Waals surface area contributed by atoms with Crippen molar-refractivity contribution in [1.82, 2.24) is 9.80 Å². The molecule has 1 aromatic rings. The summed E-state index contributed by atoms with van der Waals surface area (Å²) < 4.78 is 6.44. The molecule has 2 heterocycles. The Labute approximate surface area is 168 Å². The van der Waals surface area contributed by atoms with Gasteiger partial charge in [-0.2, -0.15) is 0 Å². The van der Waals surface area contributed by atoms with E-state index < -0.39 is 0 Å². The lowest BCUT2D eigenvalue weighted by atomic mass is 9.78. The second-order valence-corrected chi connectivity index (χ2v) is 9.04. The average molecular weight is 387 g/mol. The van der Waals surface area contributed by atoms with Crippen molar-refractivity contribution in [2.45, 2.75) is 69.9 Å². The minimum Gasteiger partial charge on any atom is -0.507 e. The Kier molecular flexibility index (Phi) is 5.66. The first-order chi connectivity index (χ1) is 13.5. The van der Waals surface area contributed by atoms with Crippen LogP contribution in [0.1, 0.15) is 74.2 Å². The smallest absolute Gasteiger partial charge is 0.257 e. The zero-order valence-corrected chi connectivity index (χ0v) is 17.3. The number of para-hydroxylation sites is 1. The molecule has 5 heteroatoms. The topological polar surface area (TPSA) is 53.0 Å². The van der Waals surface area contributed by atoms with Crippen LogP contribution in [0.5, 0.6) is 5.75 Å². The molecule has 1 saturated carbocycles. The summed E-state index contributed by atoms with van der Waals surface area (Å²) in [6, 6.07) is 5.95. The third-order valence-corrected chi connectivity index (χ3v) is 6.93. The van der Waals surface area contributed by atoms with Crippen molar-refractivity contribution in [3.63, 3.8) is 0 Å². The quantitative estimate of drug-likeness (QED) is 0.859. The summed E-state index contributed by atoms with van der Waals surface area (Å²) in [5, 5.41) is 10.7. The van der Waals surface area contributed by atoms with Gasteiger partial charge in [-0.05, 0) is 56.3 Å². The summed E-state index contributed by atoms with van der Waals surface area (Å²) in [6.07, 6.45) is 7.14. The largest absolute Gasteiger partial charge is 0.507 e. The number of morpholine rings is 1. The highest BCUT2D eigenvalue weighted by molar-refractivity contribution is 5.97. The van der Waals surface area contributed by atoms with Crippen LogP contribution in [0.4, 0.5) is 0 Å². The van der Waals surface area contributed by atoms with Crippen molar-refractivity contribution in [3.8, 4) is 5.75 Å². The third kappa shape index (κ3) is 3.55. The van der Waals surface area contributed by atoms with E-state index >= 15 is 0 Å². The van der Waals surface area contributed by atoms with E-state index in [4.69, 9.17) is 4.74 Å². The number of ether oxygens (including phenoxy) is 1. The Hall–Kier alpha value is -1.59. The van der Waals surface area contributed by atoms with Crippen molar-refractivity contribution in [2.75, 3.05) is 32.8 Å². The highest BCUT2D eigenvalue weighted by Crippen LogP contribution is 2.40. The number of phenolic OH excluding ortho intramolecular Hbond substituents is 1. The number of hydrogen-bond donors (Lipinski definition) is 1. The maximum Gasteiger partial charge on any atom is 0.257 e. The summed E-state index contributed by atoms with van der Waals surface area (Å²) in [4.78, 5) is 17.9. The van der Waals surface area contributed by atoms with E-state index in [1.54, 1.807) is 6.07 Å². The van der Waals surface area contributed by atoms with Crippen molar-refractivity contribution >= 4 is 5.91 Å². The third-order valence-electron chi connectivity index (χ3n) is 6.93. The summed E-state index contributed by atoms with van der Waals surface area (Å²) >= 11 is 0. The number of carbonyl (C=O) groups is 1. The van der Waals surface area contributed by atoms with E-state index in [-0.39, 0.29) is 23.2 Å². The number of phenols is 1. The molecule has 5 nitrogen and oxygen atoms in total. The molecule has 4 rings (SSSR count). The van der Waals surface area contributed by atoms with E-state index in [1.807, 2.05) is 30.9 Å². The highest BCUT2D eigenvalue weighted by Gasteiger charge is 2.48. The number of likely N-dealkylation sites (tertiary alicyclic amines) is 1. The van der Waals surface area contributed by atoms with Crippen LogP contribution >= 0.6 is 0 Å². The van der Waals surface area contributed by atoms with E-state index in [2.05, 4.69) is 4.90 Å². The lowest BCUT2D eigenvalue weighted by molar-refractivity contribution is -0.156. The summed E-state index contributed by atoms with van der Waals surface area (Å²) in [5.41, 5.74) is 1.01. The number of carbonyl (C=O) groups excluding carboxylic acids is 1. The lowest BCUT2D eigenvalue weighted by Gasteiger charge is -2.52. The number of rotatable bonds is 3. The van der Waals surface area contributed by atoms with Gasteiger partial charge in [0.1, 0.15) is 11.4 Å². The number of aromatic hydroxyl groups is 1. The van der Waals surface area contributed by atoms with Gasteiger partial charge in [0.2, 0.25) is 0 Å². The molecule has 2 aliphatic heterocycles. The Morgan fingerprint density at radius 3 is 2.71 bits per heavy atom. The second kappa shape index (κ2) is 8.03. The molecule has 0 radical (unpaired) electrons. The fourth-order valence-electron chi connectivity index (χ4n) is 5.46. The standard InChI is InChI=1S/C23H34N2O3/c1-17(2)18-8-7-9-19(21(18)26)22(27)25-14-15-28-23(16-25)11-4-3-10-20(23)24-12-5-6-13-24/h7-9,17,20,26H,3-6,10-16H2,1-2H3/t20-,23-/m0/s1.